The molecule has 0 aromatic heterocycles. The summed E-state index contributed by atoms with van der Waals surface area (Å²) in [5.74, 6) is -9.68. The summed E-state index contributed by atoms with van der Waals surface area (Å²) in [6, 6.07) is 2.36. The van der Waals surface area contributed by atoms with Gasteiger partial charge in [0.25, 0.3) is 0 Å². The normalized spacial score (nSPS) is 11.8. The Bertz CT molecular complexity index is 660. The molecule has 0 atom stereocenters. The predicted molar refractivity (Wildman–Crippen MR) is 58.4 cm³/mol. The van der Waals surface area contributed by atoms with Gasteiger partial charge in [-0.1, -0.05) is 12.1 Å². The summed E-state index contributed by atoms with van der Waals surface area (Å²) in [4.78, 5) is 0. The molecule has 0 aliphatic heterocycles. The van der Waals surface area contributed by atoms with E-state index in [1.165, 1.54) is 0 Å². The van der Waals surface area contributed by atoms with Crippen LogP contribution in [0, 0.1) is 23.3 Å². The Hall–Kier alpha value is -2.25. The van der Waals surface area contributed by atoms with Crippen LogP contribution in [0.4, 0.5) is 30.7 Å². The summed E-state index contributed by atoms with van der Waals surface area (Å²) >= 11 is 0. The zero-order valence-corrected chi connectivity index (χ0v) is 9.90. The van der Waals surface area contributed by atoms with E-state index < -0.39 is 51.9 Å². The molecule has 0 bridgehead atoms. The lowest BCUT2D eigenvalue weighted by Gasteiger charge is -2.11. The van der Waals surface area contributed by atoms with Crippen LogP contribution < -0.4 is 0 Å². The highest BCUT2D eigenvalue weighted by Crippen LogP contribution is 2.36. The SMILES string of the molecule is Oc1c(F)c(F)c(-c2ccc(C(F)(F)F)cc2)c(F)c1F. The standard InChI is InChI=1S/C13H5F7O/c14-8-7(9(15)11(17)12(21)10(8)16)5-1-3-6(4-2-5)13(18,19)20/h1-4,21H. The first-order valence-corrected chi connectivity index (χ1v) is 5.37. The van der Waals surface area contributed by atoms with E-state index in [0.29, 0.717) is 24.3 Å². The number of phenolic OH excluding ortho intramolecular Hbond substituents is 1. The van der Waals surface area contributed by atoms with E-state index in [9.17, 15) is 30.7 Å². The molecular weight excluding hydrogens is 305 g/mol. The Morgan fingerprint density at radius 2 is 1.14 bits per heavy atom. The summed E-state index contributed by atoms with van der Waals surface area (Å²) < 4.78 is 90.6. The van der Waals surface area contributed by atoms with Gasteiger partial charge in [-0.2, -0.15) is 22.0 Å². The molecule has 21 heavy (non-hydrogen) atoms. The number of alkyl halides is 3. The molecule has 0 fully saturated rings. The van der Waals surface area contributed by atoms with E-state index >= 15 is 0 Å². The van der Waals surface area contributed by atoms with Crippen molar-refractivity contribution in [3.63, 3.8) is 0 Å². The van der Waals surface area contributed by atoms with Crippen molar-refractivity contribution in [1.29, 1.82) is 0 Å². The monoisotopic (exact) mass is 310 g/mol. The van der Waals surface area contributed by atoms with E-state index in [-0.39, 0.29) is 0 Å². The number of rotatable bonds is 1. The summed E-state index contributed by atoms with van der Waals surface area (Å²) in [6.45, 7) is 0. The molecule has 0 amide bonds. The molecule has 0 heterocycles. The van der Waals surface area contributed by atoms with Gasteiger partial charge in [-0.05, 0) is 17.7 Å². The average molecular weight is 310 g/mol. The van der Waals surface area contributed by atoms with Gasteiger partial charge in [0.15, 0.2) is 17.4 Å². The Balaban J connectivity index is 2.63. The van der Waals surface area contributed by atoms with E-state index in [2.05, 4.69) is 0 Å². The third kappa shape index (κ3) is 2.53. The van der Waals surface area contributed by atoms with Crippen molar-refractivity contribution in [3.8, 4) is 16.9 Å². The number of halogens is 7. The van der Waals surface area contributed by atoms with Crippen LogP contribution in [0.1, 0.15) is 5.56 Å². The maximum atomic E-state index is 13.6. The topological polar surface area (TPSA) is 20.2 Å². The Labute approximate surface area is 113 Å². The molecule has 0 saturated heterocycles. The highest BCUT2D eigenvalue weighted by molar-refractivity contribution is 5.66. The first kappa shape index (κ1) is 15.1. The van der Waals surface area contributed by atoms with Gasteiger partial charge in [-0.3, -0.25) is 0 Å². The van der Waals surface area contributed by atoms with Crippen LogP contribution in [0.3, 0.4) is 0 Å². The van der Waals surface area contributed by atoms with Gasteiger partial charge in [0.05, 0.1) is 11.1 Å². The van der Waals surface area contributed by atoms with E-state index in [0.717, 1.165) is 0 Å². The third-order valence-corrected chi connectivity index (χ3v) is 2.74. The second-order valence-electron chi connectivity index (χ2n) is 4.05. The Morgan fingerprint density at radius 3 is 1.52 bits per heavy atom. The largest absolute Gasteiger partial charge is 0.503 e. The van der Waals surface area contributed by atoms with Gasteiger partial charge in [0.1, 0.15) is 0 Å². The highest BCUT2D eigenvalue weighted by atomic mass is 19.4. The predicted octanol–water partition coefficient (Wildman–Crippen LogP) is 4.63. The van der Waals surface area contributed by atoms with Crippen molar-refractivity contribution < 1.29 is 35.8 Å². The number of benzene rings is 2. The molecule has 0 spiro atoms. The molecule has 8 heteroatoms. The lowest BCUT2D eigenvalue weighted by Crippen LogP contribution is -2.05. The van der Waals surface area contributed by atoms with Crippen LogP contribution in [-0.2, 0) is 6.18 Å². The van der Waals surface area contributed by atoms with Gasteiger partial charge < -0.3 is 5.11 Å². The smallest absolute Gasteiger partial charge is 0.416 e. The number of aromatic hydroxyl groups is 1. The maximum absolute atomic E-state index is 13.6. The molecule has 2 aromatic rings. The molecule has 2 rings (SSSR count). The molecule has 0 aliphatic rings. The van der Waals surface area contributed by atoms with Crippen LogP contribution in [0.25, 0.3) is 11.1 Å². The summed E-state index contributed by atoms with van der Waals surface area (Å²) in [5, 5.41) is 8.81. The maximum Gasteiger partial charge on any atom is 0.416 e. The number of phenols is 1. The van der Waals surface area contributed by atoms with Crippen LogP contribution in [0.2, 0.25) is 0 Å². The lowest BCUT2D eigenvalue weighted by molar-refractivity contribution is -0.137. The molecule has 112 valence electrons. The van der Waals surface area contributed by atoms with Gasteiger partial charge in [0.2, 0.25) is 11.6 Å². The van der Waals surface area contributed by atoms with Gasteiger partial charge >= 0.3 is 6.18 Å². The fraction of sp³-hybridized carbons (Fsp3) is 0.0769. The van der Waals surface area contributed by atoms with E-state index in [1.54, 1.807) is 0 Å². The minimum absolute atomic E-state index is 0.504. The minimum atomic E-state index is -4.67. The second kappa shape index (κ2) is 4.94. The summed E-state index contributed by atoms with van der Waals surface area (Å²) in [5.41, 5.74) is -2.79. The molecule has 0 saturated carbocycles. The average Bonchev–Trinajstić information content (AvgIpc) is 2.43. The molecule has 2 aromatic carbocycles. The van der Waals surface area contributed by atoms with Gasteiger partial charge in [-0.25, -0.2) is 8.78 Å². The van der Waals surface area contributed by atoms with Crippen LogP contribution in [0.5, 0.6) is 5.75 Å². The molecule has 0 radical (unpaired) electrons. The molecule has 1 N–H and O–H groups in total. The molecule has 0 unspecified atom stereocenters. The van der Waals surface area contributed by atoms with Gasteiger partial charge in [-0.15, -0.1) is 0 Å². The quantitative estimate of drug-likeness (QED) is 0.601. The zero-order valence-electron chi connectivity index (χ0n) is 9.90. The lowest BCUT2D eigenvalue weighted by atomic mass is 10.0. The molecule has 0 aliphatic carbocycles. The summed E-state index contributed by atoms with van der Waals surface area (Å²) in [6.07, 6.45) is -4.67. The van der Waals surface area contributed by atoms with Crippen molar-refractivity contribution in [2.24, 2.45) is 0 Å². The first-order valence-electron chi connectivity index (χ1n) is 5.37. The van der Waals surface area contributed by atoms with Crippen LogP contribution in [0.15, 0.2) is 24.3 Å². The second-order valence-corrected chi connectivity index (χ2v) is 4.05. The Kier molecular flexibility index (Phi) is 3.56. The Morgan fingerprint density at radius 1 is 0.714 bits per heavy atom. The van der Waals surface area contributed by atoms with Crippen molar-refractivity contribution in [2.75, 3.05) is 0 Å². The van der Waals surface area contributed by atoms with E-state index in [1.807, 2.05) is 0 Å². The van der Waals surface area contributed by atoms with Crippen molar-refractivity contribution in [1.82, 2.24) is 0 Å². The fourth-order valence-electron chi connectivity index (χ4n) is 1.70. The highest BCUT2D eigenvalue weighted by Gasteiger charge is 2.31. The third-order valence-electron chi connectivity index (χ3n) is 2.74. The van der Waals surface area contributed by atoms with E-state index in [4.69, 9.17) is 5.11 Å². The summed E-state index contributed by atoms with van der Waals surface area (Å²) in [7, 11) is 0. The van der Waals surface area contributed by atoms with Crippen molar-refractivity contribution in [3.05, 3.63) is 53.1 Å². The number of hydrogen-bond donors (Lipinski definition) is 1. The minimum Gasteiger partial charge on any atom is -0.503 e. The van der Waals surface area contributed by atoms with Crippen molar-refractivity contribution in [2.45, 2.75) is 6.18 Å². The fourth-order valence-corrected chi connectivity index (χ4v) is 1.70. The molecule has 1 nitrogen and oxygen atoms in total. The van der Waals surface area contributed by atoms with Gasteiger partial charge in [0, 0.05) is 0 Å². The zero-order chi connectivity index (χ0) is 15.9. The first-order chi connectivity index (χ1) is 9.64. The number of hydrogen-bond acceptors (Lipinski definition) is 1. The van der Waals surface area contributed by atoms with Crippen molar-refractivity contribution >= 4 is 0 Å². The molecular formula is C13H5F7O. The van der Waals surface area contributed by atoms with Crippen LogP contribution in [-0.4, -0.2) is 5.11 Å². The van der Waals surface area contributed by atoms with Crippen LogP contribution >= 0.6 is 0 Å².